The van der Waals surface area contributed by atoms with Gasteiger partial charge in [-0.3, -0.25) is 4.98 Å². The quantitative estimate of drug-likeness (QED) is 0.808. The Morgan fingerprint density at radius 3 is 2.78 bits per heavy atom. The minimum atomic E-state index is 0.502. The van der Waals surface area contributed by atoms with Gasteiger partial charge in [-0.2, -0.15) is 0 Å². The molecule has 2 nitrogen and oxygen atoms in total. The van der Waals surface area contributed by atoms with Gasteiger partial charge >= 0.3 is 0 Å². The van der Waals surface area contributed by atoms with E-state index in [1.807, 2.05) is 37.4 Å². The standard InChI is InChI=1S/C16H18NO/c1-12(2)11-18-16-7-5-4-6-15(16)14-9-8-13(3)17-10-14/h4-6,8-10,12H,11H2,1-3H3. The molecule has 0 aliphatic heterocycles. The summed E-state index contributed by atoms with van der Waals surface area (Å²) in [5.74, 6) is 1.31. The average molecular weight is 240 g/mol. The Labute approximate surface area is 109 Å². The van der Waals surface area contributed by atoms with E-state index in [4.69, 9.17) is 4.74 Å². The maximum Gasteiger partial charge on any atom is 0.135 e. The number of aryl methyl sites for hydroxylation is 1. The van der Waals surface area contributed by atoms with Crippen LogP contribution >= 0.6 is 0 Å². The molecule has 0 bridgehead atoms. The van der Waals surface area contributed by atoms with Gasteiger partial charge in [-0.1, -0.05) is 38.1 Å². The lowest BCUT2D eigenvalue weighted by Gasteiger charge is -2.12. The Kier molecular flexibility index (Phi) is 3.98. The maximum atomic E-state index is 5.80. The molecule has 0 spiro atoms. The van der Waals surface area contributed by atoms with Crippen molar-refractivity contribution < 1.29 is 4.74 Å². The molecule has 0 aliphatic rings. The fourth-order valence-electron chi connectivity index (χ4n) is 1.65. The van der Waals surface area contributed by atoms with E-state index in [2.05, 4.69) is 31.0 Å². The molecule has 2 heteroatoms. The van der Waals surface area contributed by atoms with Crippen molar-refractivity contribution >= 4 is 0 Å². The largest absolute Gasteiger partial charge is 0.492 e. The summed E-state index contributed by atoms with van der Waals surface area (Å²) in [7, 11) is 0. The molecule has 0 amide bonds. The van der Waals surface area contributed by atoms with Gasteiger partial charge in [0.05, 0.1) is 6.61 Å². The van der Waals surface area contributed by atoms with Crippen LogP contribution in [-0.2, 0) is 0 Å². The van der Waals surface area contributed by atoms with Crippen LogP contribution in [0, 0.1) is 18.9 Å². The second-order valence-corrected chi connectivity index (χ2v) is 4.81. The second-order valence-electron chi connectivity index (χ2n) is 4.81. The van der Waals surface area contributed by atoms with E-state index in [9.17, 15) is 0 Å². The van der Waals surface area contributed by atoms with Gasteiger partial charge in [-0.15, -0.1) is 0 Å². The van der Waals surface area contributed by atoms with Crippen molar-refractivity contribution in [2.24, 2.45) is 5.92 Å². The molecule has 18 heavy (non-hydrogen) atoms. The zero-order chi connectivity index (χ0) is 13.0. The summed E-state index contributed by atoms with van der Waals surface area (Å²) >= 11 is 0. The highest BCUT2D eigenvalue weighted by Gasteiger charge is 2.07. The van der Waals surface area contributed by atoms with Crippen molar-refractivity contribution in [2.75, 3.05) is 6.61 Å². The topological polar surface area (TPSA) is 22.1 Å². The third-order valence-corrected chi connectivity index (χ3v) is 2.60. The predicted molar refractivity (Wildman–Crippen MR) is 73.6 cm³/mol. The number of nitrogens with zero attached hydrogens (tertiary/aromatic N) is 1. The van der Waals surface area contributed by atoms with Crippen LogP contribution in [-0.4, -0.2) is 11.6 Å². The van der Waals surface area contributed by atoms with Crippen LogP contribution < -0.4 is 4.74 Å². The van der Waals surface area contributed by atoms with Crippen molar-refractivity contribution in [3.8, 4) is 16.9 Å². The third kappa shape index (κ3) is 3.10. The van der Waals surface area contributed by atoms with Crippen LogP contribution in [0.3, 0.4) is 0 Å². The molecule has 0 unspecified atom stereocenters. The molecule has 1 radical (unpaired) electrons. The van der Waals surface area contributed by atoms with Gasteiger partial charge in [-0.25, -0.2) is 0 Å². The average Bonchev–Trinajstić information content (AvgIpc) is 2.38. The molecule has 93 valence electrons. The number of hydrogen-bond acceptors (Lipinski definition) is 2. The van der Waals surface area contributed by atoms with Crippen LogP contribution in [0.1, 0.15) is 19.5 Å². The van der Waals surface area contributed by atoms with Crippen LogP contribution in [0.15, 0.2) is 36.5 Å². The molecular weight excluding hydrogens is 222 g/mol. The smallest absolute Gasteiger partial charge is 0.135 e. The molecule has 1 aromatic carbocycles. The van der Waals surface area contributed by atoms with Crippen molar-refractivity contribution in [3.63, 3.8) is 0 Å². The van der Waals surface area contributed by atoms with E-state index in [1.165, 1.54) is 0 Å². The Hall–Kier alpha value is -1.83. The fourth-order valence-corrected chi connectivity index (χ4v) is 1.65. The minimum absolute atomic E-state index is 0.502. The van der Waals surface area contributed by atoms with Crippen LogP contribution in [0.25, 0.3) is 11.1 Å². The first-order valence-corrected chi connectivity index (χ1v) is 6.23. The predicted octanol–water partition coefficient (Wildman–Crippen LogP) is 3.89. The summed E-state index contributed by atoms with van der Waals surface area (Å²) in [6, 6.07) is 13.1. The van der Waals surface area contributed by atoms with Crippen molar-refractivity contribution in [1.29, 1.82) is 0 Å². The van der Waals surface area contributed by atoms with E-state index in [0.717, 1.165) is 22.6 Å². The minimum Gasteiger partial charge on any atom is -0.492 e. The zero-order valence-corrected chi connectivity index (χ0v) is 11.1. The molecule has 0 N–H and O–H groups in total. The van der Waals surface area contributed by atoms with Crippen LogP contribution in [0.2, 0.25) is 0 Å². The lowest BCUT2D eigenvalue weighted by molar-refractivity contribution is 0.271. The number of aromatic nitrogens is 1. The summed E-state index contributed by atoms with van der Waals surface area (Å²) in [6.45, 7) is 6.95. The normalized spacial score (nSPS) is 10.7. The molecular formula is C16H18NO. The van der Waals surface area contributed by atoms with Gasteiger partial charge in [0.15, 0.2) is 0 Å². The van der Waals surface area contributed by atoms with Crippen LogP contribution in [0.4, 0.5) is 0 Å². The first kappa shape index (κ1) is 12.6. The number of ether oxygens (including phenoxy) is 1. The SMILES string of the molecule is Cc1ccc(-c2ccc[c]c2OCC(C)C)cn1. The number of rotatable bonds is 4. The molecule has 0 atom stereocenters. The van der Waals surface area contributed by atoms with E-state index in [-0.39, 0.29) is 0 Å². The van der Waals surface area contributed by atoms with Gasteiger partial charge in [0.2, 0.25) is 0 Å². The van der Waals surface area contributed by atoms with E-state index >= 15 is 0 Å². The zero-order valence-electron chi connectivity index (χ0n) is 11.1. The Bertz CT molecular complexity index is 503. The van der Waals surface area contributed by atoms with E-state index in [1.54, 1.807) is 0 Å². The van der Waals surface area contributed by atoms with Crippen molar-refractivity contribution in [3.05, 3.63) is 48.3 Å². The highest BCUT2D eigenvalue weighted by Crippen LogP contribution is 2.29. The molecule has 2 aromatic rings. The Balaban J connectivity index is 2.29. The summed E-state index contributed by atoms with van der Waals surface area (Å²) in [5.41, 5.74) is 3.13. The fraction of sp³-hybridized carbons (Fsp3) is 0.312. The lowest BCUT2D eigenvalue weighted by atomic mass is 10.1. The summed E-state index contributed by atoms with van der Waals surface area (Å²) in [6.07, 6.45) is 1.88. The van der Waals surface area contributed by atoms with Gasteiger partial charge in [0.25, 0.3) is 0 Å². The molecule has 0 saturated heterocycles. The second kappa shape index (κ2) is 5.67. The summed E-state index contributed by atoms with van der Waals surface area (Å²) < 4.78 is 5.80. The Morgan fingerprint density at radius 2 is 2.11 bits per heavy atom. The summed E-state index contributed by atoms with van der Waals surface area (Å²) in [5, 5.41) is 0. The number of hydrogen-bond donors (Lipinski definition) is 0. The highest BCUT2D eigenvalue weighted by molar-refractivity contribution is 5.69. The van der Waals surface area contributed by atoms with Crippen LogP contribution in [0.5, 0.6) is 5.75 Å². The monoisotopic (exact) mass is 240 g/mol. The van der Waals surface area contributed by atoms with Crippen molar-refractivity contribution in [2.45, 2.75) is 20.8 Å². The number of pyridine rings is 1. The first-order chi connectivity index (χ1) is 8.66. The molecule has 2 rings (SSSR count). The van der Waals surface area contributed by atoms with Gasteiger partial charge in [0.1, 0.15) is 5.75 Å². The first-order valence-electron chi connectivity index (χ1n) is 6.23. The molecule has 0 aliphatic carbocycles. The van der Waals surface area contributed by atoms with E-state index < -0.39 is 0 Å². The molecule has 1 aromatic heterocycles. The van der Waals surface area contributed by atoms with E-state index in [0.29, 0.717) is 12.5 Å². The number of para-hydroxylation sites is 1. The highest BCUT2D eigenvalue weighted by atomic mass is 16.5. The lowest BCUT2D eigenvalue weighted by Crippen LogP contribution is -2.05. The number of benzene rings is 1. The third-order valence-electron chi connectivity index (χ3n) is 2.60. The maximum absolute atomic E-state index is 5.80. The Morgan fingerprint density at radius 1 is 1.28 bits per heavy atom. The van der Waals surface area contributed by atoms with Gasteiger partial charge in [-0.05, 0) is 18.9 Å². The van der Waals surface area contributed by atoms with Gasteiger partial charge < -0.3 is 4.74 Å². The summed E-state index contributed by atoms with van der Waals surface area (Å²) in [4.78, 5) is 4.32. The van der Waals surface area contributed by atoms with Crippen molar-refractivity contribution in [1.82, 2.24) is 4.98 Å². The molecule has 0 saturated carbocycles. The van der Waals surface area contributed by atoms with Gasteiger partial charge in [0, 0.05) is 29.1 Å². The molecule has 0 fully saturated rings. The molecule has 1 heterocycles.